The first-order valence-electron chi connectivity index (χ1n) is 6.32. The molecule has 1 aromatic carbocycles. The second-order valence-electron chi connectivity index (χ2n) is 4.72. The van der Waals surface area contributed by atoms with Crippen molar-refractivity contribution in [3.05, 3.63) is 35.9 Å². The summed E-state index contributed by atoms with van der Waals surface area (Å²) < 4.78 is 22.6. The molecule has 2 saturated heterocycles. The van der Waals surface area contributed by atoms with Crippen molar-refractivity contribution in [3.63, 3.8) is 0 Å². The fourth-order valence-electron chi connectivity index (χ4n) is 2.48. The fraction of sp³-hybridized carbons (Fsp3) is 0.571. The Bertz CT molecular complexity index is 381. The number of fused-ring (bicyclic) bond motifs is 2. The molecule has 0 radical (unpaired) electrons. The summed E-state index contributed by atoms with van der Waals surface area (Å²) in [5.74, 6) is 0. The van der Waals surface area contributed by atoms with Crippen molar-refractivity contribution in [1.82, 2.24) is 0 Å². The zero-order valence-electron chi connectivity index (χ0n) is 10.5. The molecule has 0 aromatic heterocycles. The lowest BCUT2D eigenvalue weighted by molar-refractivity contribution is -0.200. The molecule has 0 unspecified atom stereocenters. The van der Waals surface area contributed by atoms with Crippen molar-refractivity contribution in [2.75, 3.05) is 13.7 Å². The minimum Gasteiger partial charge on any atom is -0.376 e. The first-order valence-corrected chi connectivity index (χ1v) is 6.32. The van der Waals surface area contributed by atoms with E-state index in [2.05, 4.69) is 12.1 Å². The van der Waals surface area contributed by atoms with Crippen molar-refractivity contribution >= 4 is 0 Å². The van der Waals surface area contributed by atoms with Crippen molar-refractivity contribution in [3.8, 4) is 0 Å². The Morgan fingerprint density at radius 1 is 1.22 bits per heavy atom. The summed E-state index contributed by atoms with van der Waals surface area (Å²) in [5.41, 5.74) is 1.17. The fourth-order valence-corrected chi connectivity index (χ4v) is 2.48. The molecule has 2 heterocycles. The molecule has 0 saturated carbocycles. The highest BCUT2D eigenvalue weighted by molar-refractivity contribution is 5.13. The van der Waals surface area contributed by atoms with Crippen LogP contribution in [-0.4, -0.2) is 38.3 Å². The summed E-state index contributed by atoms with van der Waals surface area (Å²) in [5, 5.41) is 0. The Kier molecular flexibility index (Phi) is 3.61. The lowest BCUT2D eigenvalue weighted by Crippen LogP contribution is -2.44. The number of rotatable bonds is 4. The molecule has 4 nitrogen and oxygen atoms in total. The van der Waals surface area contributed by atoms with Gasteiger partial charge in [0.25, 0.3) is 0 Å². The molecule has 2 aliphatic heterocycles. The third-order valence-corrected chi connectivity index (χ3v) is 3.53. The number of methoxy groups -OCH3 is 1. The molecule has 2 fully saturated rings. The summed E-state index contributed by atoms with van der Waals surface area (Å²) in [6, 6.07) is 10.2. The van der Waals surface area contributed by atoms with Gasteiger partial charge in [-0.1, -0.05) is 30.3 Å². The van der Waals surface area contributed by atoms with Crippen LogP contribution in [-0.2, 0) is 25.6 Å². The predicted molar refractivity (Wildman–Crippen MR) is 65.0 cm³/mol. The Balaban J connectivity index is 1.59. The molecule has 18 heavy (non-hydrogen) atoms. The number of benzene rings is 1. The van der Waals surface area contributed by atoms with Crippen molar-refractivity contribution in [2.24, 2.45) is 0 Å². The van der Waals surface area contributed by atoms with E-state index in [-0.39, 0.29) is 24.6 Å². The van der Waals surface area contributed by atoms with Crippen LogP contribution < -0.4 is 0 Å². The molecule has 3 rings (SSSR count). The summed E-state index contributed by atoms with van der Waals surface area (Å²) in [4.78, 5) is 0. The SMILES string of the molecule is CO[C@H]1C[C@H](OCc2ccccc2)[C@H]2CO[C@@H]1O2. The van der Waals surface area contributed by atoms with E-state index in [4.69, 9.17) is 18.9 Å². The highest BCUT2D eigenvalue weighted by Gasteiger charge is 2.44. The van der Waals surface area contributed by atoms with Gasteiger partial charge in [0.05, 0.1) is 19.3 Å². The van der Waals surface area contributed by atoms with Crippen LogP contribution in [0.2, 0.25) is 0 Å². The van der Waals surface area contributed by atoms with Gasteiger partial charge in [-0.2, -0.15) is 0 Å². The van der Waals surface area contributed by atoms with Crippen LogP contribution in [0.4, 0.5) is 0 Å². The van der Waals surface area contributed by atoms with Crippen molar-refractivity contribution < 1.29 is 18.9 Å². The zero-order chi connectivity index (χ0) is 12.4. The lowest BCUT2D eigenvalue weighted by Gasteiger charge is -2.32. The van der Waals surface area contributed by atoms with Gasteiger partial charge < -0.3 is 18.9 Å². The molecule has 4 heteroatoms. The van der Waals surface area contributed by atoms with E-state index in [1.807, 2.05) is 18.2 Å². The van der Waals surface area contributed by atoms with Crippen LogP contribution in [0.5, 0.6) is 0 Å². The highest BCUT2D eigenvalue weighted by atomic mass is 16.7. The van der Waals surface area contributed by atoms with Crippen LogP contribution >= 0.6 is 0 Å². The number of ether oxygens (including phenoxy) is 4. The number of hydrogen-bond acceptors (Lipinski definition) is 4. The Hall–Kier alpha value is -0.940. The maximum atomic E-state index is 5.95. The third-order valence-electron chi connectivity index (χ3n) is 3.53. The molecule has 2 aliphatic rings. The molecule has 0 N–H and O–H groups in total. The van der Waals surface area contributed by atoms with Gasteiger partial charge in [-0.25, -0.2) is 0 Å². The van der Waals surface area contributed by atoms with E-state index in [1.54, 1.807) is 7.11 Å². The largest absolute Gasteiger partial charge is 0.376 e. The molecule has 0 amide bonds. The first kappa shape index (κ1) is 12.1. The normalized spacial score (nSPS) is 34.7. The van der Waals surface area contributed by atoms with Crippen LogP contribution in [0, 0.1) is 0 Å². The third kappa shape index (κ3) is 2.42. The van der Waals surface area contributed by atoms with E-state index in [9.17, 15) is 0 Å². The first-order chi connectivity index (χ1) is 8.86. The van der Waals surface area contributed by atoms with Crippen molar-refractivity contribution in [2.45, 2.75) is 37.6 Å². The molecular formula is C14H18O4. The molecule has 2 bridgehead atoms. The standard InChI is InChI=1S/C14H18O4/c1-15-12-7-11(13-9-17-14(12)18-13)16-8-10-5-3-2-4-6-10/h2-6,11-14H,7-9H2,1H3/t11-,12-,13+,14+/m0/s1. The summed E-state index contributed by atoms with van der Waals surface area (Å²) in [7, 11) is 1.68. The molecule has 1 aromatic rings. The van der Waals surface area contributed by atoms with Gasteiger partial charge in [0.1, 0.15) is 12.2 Å². The van der Waals surface area contributed by atoms with E-state index < -0.39 is 0 Å². The van der Waals surface area contributed by atoms with Gasteiger partial charge in [-0.05, 0) is 5.56 Å². The van der Waals surface area contributed by atoms with E-state index in [1.165, 1.54) is 5.56 Å². The Morgan fingerprint density at radius 2 is 2.06 bits per heavy atom. The summed E-state index contributed by atoms with van der Waals surface area (Å²) in [6.45, 7) is 1.20. The Morgan fingerprint density at radius 3 is 2.83 bits per heavy atom. The second-order valence-corrected chi connectivity index (χ2v) is 4.72. The van der Waals surface area contributed by atoms with Gasteiger partial charge in [0.2, 0.25) is 0 Å². The maximum Gasteiger partial charge on any atom is 0.184 e. The topological polar surface area (TPSA) is 36.9 Å². The Labute approximate surface area is 107 Å². The molecule has 0 spiro atoms. The van der Waals surface area contributed by atoms with Crippen molar-refractivity contribution in [1.29, 1.82) is 0 Å². The summed E-state index contributed by atoms with van der Waals surface area (Å²) >= 11 is 0. The number of hydrogen-bond donors (Lipinski definition) is 0. The van der Waals surface area contributed by atoms with Gasteiger partial charge >= 0.3 is 0 Å². The highest BCUT2D eigenvalue weighted by Crippen LogP contribution is 2.31. The van der Waals surface area contributed by atoms with E-state index >= 15 is 0 Å². The minimum absolute atomic E-state index is 0.0236. The average molecular weight is 250 g/mol. The predicted octanol–water partition coefficient (Wildman–Crippen LogP) is 1.73. The van der Waals surface area contributed by atoms with Crippen LogP contribution in [0.25, 0.3) is 0 Å². The lowest BCUT2D eigenvalue weighted by atomic mass is 10.0. The zero-order valence-corrected chi connectivity index (χ0v) is 10.5. The van der Waals surface area contributed by atoms with Crippen LogP contribution in [0.1, 0.15) is 12.0 Å². The van der Waals surface area contributed by atoms with E-state index in [0.717, 1.165) is 6.42 Å². The molecule has 0 aliphatic carbocycles. The van der Waals surface area contributed by atoms with Crippen LogP contribution in [0.3, 0.4) is 0 Å². The van der Waals surface area contributed by atoms with Gasteiger partial charge in [-0.3, -0.25) is 0 Å². The minimum atomic E-state index is -0.212. The summed E-state index contributed by atoms with van der Waals surface area (Å²) in [6.07, 6.45) is 0.693. The molecule has 4 atom stereocenters. The smallest absolute Gasteiger partial charge is 0.184 e. The average Bonchev–Trinajstić information content (AvgIpc) is 2.84. The monoisotopic (exact) mass is 250 g/mol. The van der Waals surface area contributed by atoms with Gasteiger partial charge in [0, 0.05) is 13.5 Å². The molecular weight excluding hydrogens is 232 g/mol. The van der Waals surface area contributed by atoms with Gasteiger partial charge in [-0.15, -0.1) is 0 Å². The maximum absolute atomic E-state index is 5.95. The van der Waals surface area contributed by atoms with Crippen LogP contribution in [0.15, 0.2) is 30.3 Å². The second kappa shape index (κ2) is 5.36. The van der Waals surface area contributed by atoms with Gasteiger partial charge in [0.15, 0.2) is 6.29 Å². The van der Waals surface area contributed by atoms with E-state index in [0.29, 0.717) is 13.2 Å². The quantitative estimate of drug-likeness (QED) is 0.815. The molecule has 98 valence electrons.